The summed E-state index contributed by atoms with van der Waals surface area (Å²) < 4.78 is 10.5. The van der Waals surface area contributed by atoms with Crippen LogP contribution in [0.25, 0.3) is 0 Å². The molecule has 1 heterocycles. The minimum absolute atomic E-state index is 0.0241. The highest BCUT2D eigenvalue weighted by atomic mass is 35.5. The number of phenols is 1. The number of hydrogen-bond donors (Lipinski definition) is 3. The first-order chi connectivity index (χ1) is 13.8. The normalized spacial score (nSPS) is 13.5. The van der Waals surface area contributed by atoms with Crippen molar-refractivity contribution in [2.45, 2.75) is 19.9 Å². The third kappa shape index (κ3) is 4.97. The van der Waals surface area contributed by atoms with Gasteiger partial charge in [-0.2, -0.15) is 5.10 Å². The molecule has 2 aromatic carbocycles. The van der Waals surface area contributed by atoms with E-state index in [1.165, 1.54) is 24.4 Å². The number of nitrogens with zero attached hydrogens (tertiary/aromatic N) is 1. The number of carbonyl (C=O) groups excluding carboxylic acids is 2. The number of phenolic OH excluding ortho intramolecular Hbond substituents is 1. The summed E-state index contributed by atoms with van der Waals surface area (Å²) in [6.07, 6.45) is 1.27. The molecule has 3 N–H and O–H groups in total. The molecule has 2 amide bonds. The molecule has 152 valence electrons. The molecule has 1 aliphatic rings. The number of hydrazone groups is 1. The van der Waals surface area contributed by atoms with Gasteiger partial charge in [0.05, 0.1) is 6.21 Å². The van der Waals surface area contributed by atoms with Crippen molar-refractivity contribution in [1.82, 2.24) is 10.7 Å². The van der Waals surface area contributed by atoms with Crippen LogP contribution in [0.5, 0.6) is 17.2 Å². The van der Waals surface area contributed by atoms with Crippen LogP contribution < -0.4 is 20.2 Å². The van der Waals surface area contributed by atoms with Crippen molar-refractivity contribution in [3.63, 3.8) is 0 Å². The smallest absolute Gasteiger partial charge is 0.262 e. The Hall–Kier alpha value is -3.26. The van der Waals surface area contributed by atoms with E-state index in [4.69, 9.17) is 21.1 Å². The fourth-order valence-electron chi connectivity index (χ4n) is 2.66. The zero-order valence-electron chi connectivity index (χ0n) is 15.8. The summed E-state index contributed by atoms with van der Waals surface area (Å²) in [7, 11) is 0. The van der Waals surface area contributed by atoms with Crippen LogP contribution in [0.2, 0.25) is 5.02 Å². The van der Waals surface area contributed by atoms with Crippen LogP contribution >= 0.6 is 11.6 Å². The number of rotatable bonds is 6. The summed E-state index contributed by atoms with van der Waals surface area (Å²) in [6.45, 7) is 3.71. The van der Waals surface area contributed by atoms with Gasteiger partial charge in [-0.15, -0.1) is 0 Å². The molecule has 1 atom stereocenters. The zero-order chi connectivity index (χ0) is 21.0. The van der Waals surface area contributed by atoms with Crippen molar-refractivity contribution >= 4 is 29.6 Å². The Bertz CT molecular complexity index is 961. The maximum atomic E-state index is 12.6. The molecular weight excluding hydrogens is 398 g/mol. The lowest BCUT2D eigenvalue weighted by atomic mass is 10.0. The molecule has 9 heteroatoms. The summed E-state index contributed by atoms with van der Waals surface area (Å²) in [5.74, 6) is -0.0837. The first kappa shape index (κ1) is 20.5. The largest absolute Gasteiger partial charge is 0.507 e. The number of aromatic hydroxyl groups is 1. The van der Waals surface area contributed by atoms with E-state index in [9.17, 15) is 14.7 Å². The monoisotopic (exact) mass is 417 g/mol. The van der Waals surface area contributed by atoms with Gasteiger partial charge in [-0.25, -0.2) is 5.43 Å². The lowest BCUT2D eigenvalue weighted by Crippen LogP contribution is -2.48. The SMILES string of the molecule is CC(C)C(NC(=O)c1ccc2c(c1)OCO2)C(=O)N/N=C/c1cc(Cl)ccc1O. The van der Waals surface area contributed by atoms with Gasteiger partial charge < -0.3 is 19.9 Å². The summed E-state index contributed by atoms with van der Waals surface area (Å²) in [4.78, 5) is 25.1. The van der Waals surface area contributed by atoms with Crippen molar-refractivity contribution in [3.05, 3.63) is 52.5 Å². The summed E-state index contributed by atoms with van der Waals surface area (Å²) in [5.41, 5.74) is 3.07. The van der Waals surface area contributed by atoms with Gasteiger partial charge in [-0.3, -0.25) is 9.59 Å². The minimum atomic E-state index is -0.821. The van der Waals surface area contributed by atoms with E-state index < -0.39 is 17.9 Å². The first-order valence-electron chi connectivity index (χ1n) is 8.87. The molecule has 1 unspecified atom stereocenters. The number of amides is 2. The number of fused-ring (bicyclic) bond motifs is 1. The van der Waals surface area contributed by atoms with Crippen LogP contribution in [-0.2, 0) is 4.79 Å². The summed E-state index contributed by atoms with van der Waals surface area (Å²) >= 11 is 5.88. The molecular formula is C20H20ClN3O5. The molecule has 3 rings (SSSR count). The lowest BCUT2D eigenvalue weighted by molar-refractivity contribution is -0.123. The fraction of sp³-hybridized carbons (Fsp3) is 0.250. The second-order valence-electron chi connectivity index (χ2n) is 6.70. The Kier molecular flexibility index (Phi) is 6.23. The van der Waals surface area contributed by atoms with Crippen LogP contribution in [0, 0.1) is 5.92 Å². The highest BCUT2D eigenvalue weighted by Crippen LogP contribution is 2.32. The van der Waals surface area contributed by atoms with Gasteiger partial charge in [0.1, 0.15) is 11.8 Å². The molecule has 0 radical (unpaired) electrons. The quantitative estimate of drug-likeness (QED) is 0.494. The van der Waals surface area contributed by atoms with Crippen molar-refractivity contribution in [2.75, 3.05) is 6.79 Å². The third-order valence-corrected chi connectivity index (χ3v) is 4.47. The topological polar surface area (TPSA) is 109 Å². The van der Waals surface area contributed by atoms with Crippen molar-refractivity contribution in [1.29, 1.82) is 0 Å². The minimum Gasteiger partial charge on any atom is -0.507 e. The van der Waals surface area contributed by atoms with Crippen molar-refractivity contribution in [3.8, 4) is 17.2 Å². The van der Waals surface area contributed by atoms with Crippen LogP contribution in [0.3, 0.4) is 0 Å². The third-order valence-electron chi connectivity index (χ3n) is 4.24. The van der Waals surface area contributed by atoms with E-state index >= 15 is 0 Å². The van der Waals surface area contributed by atoms with Gasteiger partial charge in [0, 0.05) is 16.1 Å². The number of halogens is 1. The number of ether oxygens (including phenoxy) is 2. The molecule has 0 aromatic heterocycles. The van der Waals surface area contributed by atoms with Crippen LogP contribution in [-0.4, -0.2) is 36.0 Å². The van der Waals surface area contributed by atoms with E-state index in [0.29, 0.717) is 27.6 Å². The van der Waals surface area contributed by atoms with Crippen molar-refractivity contribution < 1.29 is 24.2 Å². The highest BCUT2D eigenvalue weighted by Gasteiger charge is 2.25. The fourth-order valence-corrected chi connectivity index (χ4v) is 2.84. The molecule has 8 nitrogen and oxygen atoms in total. The second kappa shape index (κ2) is 8.83. The Labute approximate surface area is 172 Å². The molecule has 0 bridgehead atoms. The van der Waals surface area contributed by atoms with E-state index in [2.05, 4.69) is 15.8 Å². The number of hydrogen-bond acceptors (Lipinski definition) is 6. The molecule has 0 aliphatic carbocycles. The lowest BCUT2D eigenvalue weighted by Gasteiger charge is -2.20. The van der Waals surface area contributed by atoms with Crippen LogP contribution in [0.4, 0.5) is 0 Å². The Morgan fingerprint density at radius 2 is 1.93 bits per heavy atom. The van der Waals surface area contributed by atoms with Gasteiger partial charge in [-0.1, -0.05) is 25.4 Å². The molecule has 0 saturated carbocycles. The first-order valence-corrected chi connectivity index (χ1v) is 9.25. The van der Waals surface area contributed by atoms with Gasteiger partial charge in [-0.05, 0) is 42.3 Å². The molecule has 0 spiro atoms. The predicted octanol–water partition coefficient (Wildman–Crippen LogP) is 2.68. The van der Waals surface area contributed by atoms with Crippen LogP contribution in [0.15, 0.2) is 41.5 Å². The highest BCUT2D eigenvalue weighted by molar-refractivity contribution is 6.30. The molecule has 0 saturated heterocycles. The number of carbonyl (C=O) groups is 2. The Balaban J connectivity index is 1.65. The van der Waals surface area contributed by atoms with E-state index in [1.54, 1.807) is 32.0 Å². The van der Waals surface area contributed by atoms with Crippen LogP contribution in [0.1, 0.15) is 29.8 Å². The molecule has 0 fully saturated rings. The zero-order valence-corrected chi connectivity index (χ0v) is 16.6. The summed E-state index contributed by atoms with van der Waals surface area (Å²) in [6, 6.07) is 8.45. The second-order valence-corrected chi connectivity index (χ2v) is 7.14. The van der Waals surface area contributed by atoms with E-state index in [0.717, 1.165) is 0 Å². The van der Waals surface area contributed by atoms with Gasteiger partial charge in [0.15, 0.2) is 11.5 Å². The number of nitrogens with one attached hydrogen (secondary N) is 2. The van der Waals surface area contributed by atoms with Gasteiger partial charge >= 0.3 is 0 Å². The average Bonchev–Trinajstić information content (AvgIpc) is 3.16. The average molecular weight is 418 g/mol. The predicted molar refractivity (Wildman–Crippen MR) is 108 cm³/mol. The number of benzene rings is 2. The maximum absolute atomic E-state index is 12.6. The standard InChI is InChI=1S/C20H20ClN3O5/c1-11(2)18(20(27)24-22-9-13-7-14(21)4-5-15(13)25)23-19(26)12-3-6-16-17(8-12)29-10-28-16/h3-9,11,18,25H,10H2,1-2H3,(H,23,26)(H,24,27)/b22-9+. The Morgan fingerprint density at radius 1 is 1.17 bits per heavy atom. The van der Waals surface area contributed by atoms with Gasteiger partial charge in [0.25, 0.3) is 11.8 Å². The molecule has 2 aromatic rings. The molecule has 29 heavy (non-hydrogen) atoms. The van der Waals surface area contributed by atoms with E-state index in [-0.39, 0.29) is 18.5 Å². The van der Waals surface area contributed by atoms with Crippen molar-refractivity contribution in [2.24, 2.45) is 11.0 Å². The van der Waals surface area contributed by atoms with E-state index in [1.807, 2.05) is 0 Å². The Morgan fingerprint density at radius 3 is 2.69 bits per heavy atom. The van der Waals surface area contributed by atoms with Gasteiger partial charge in [0.2, 0.25) is 6.79 Å². The maximum Gasteiger partial charge on any atom is 0.262 e. The summed E-state index contributed by atoms with van der Waals surface area (Å²) in [5, 5.41) is 16.7. The molecule has 1 aliphatic heterocycles.